The molecule has 0 aromatic carbocycles. The van der Waals surface area contributed by atoms with E-state index in [0.717, 1.165) is 51.4 Å². The Morgan fingerprint density at radius 3 is 1.25 bits per heavy atom. The molecule has 0 N–H and O–H groups in total. The highest BCUT2D eigenvalue weighted by Gasteiger charge is 2.21. The summed E-state index contributed by atoms with van der Waals surface area (Å²) in [6.07, 6.45) is 45.2. The van der Waals surface area contributed by atoms with Gasteiger partial charge in [-0.3, -0.25) is 14.2 Å². The van der Waals surface area contributed by atoms with Gasteiger partial charge in [-0.2, -0.15) is 0 Å². The van der Waals surface area contributed by atoms with Crippen LogP contribution in [0, 0.1) is 0 Å². The number of ether oxygens (including phenoxy) is 2. The molecule has 59 heavy (non-hydrogen) atoms. The van der Waals surface area contributed by atoms with Crippen molar-refractivity contribution in [1.82, 2.24) is 0 Å². The zero-order valence-corrected chi connectivity index (χ0v) is 40.4. The minimum atomic E-state index is -4.62. The zero-order chi connectivity index (χ0) is 43.6. The van der Waals surface area contributed by atoms with Crippen LogP contribution in [0.4, 0.5) is 0 Å². The number of phosphoric ester groups is 1. The van der Waals surface area contributed by atoms with Crippen LogP contribution in [0.5, 0.6) is 0 Å². The van der Waals surface area contributed by atoms with Gasteiger partial charge < -0.3 is 27.9 Å². The second kappa shape index (κ2) is 42.1. The number of carbonyl (C=O) groups is 2. The van der Waals surface area contributed by atoms with E-state index < -0.39 is 26.5 Å². The predicted octanol–water partition coefficient (Wildman–Crippen LogP) is 13.9. The quantitative estimate of drug-likeness (QED) is 0.0196. The smallest absolute Gasteiger partial charge is 0.306 e. The molecule has 9 nitrogen and oxygen atoms in total. The van der Waals surface area contributed by atoms with E-state index in [0.29, 0.717) is 17.4 Å². The van der Waals surface area contributed by atoms with E-state index in [4.69, 9.17) is 18.5 Å². The van der Waals surface area contributed by atoms with Crippen molar-refractivity contribution in [2.75, 3.05) is 47.5 Å². The van der Waals surface area contributed by atoms with Gasteiger partial charge in [0.2, 0.25) is 0 Å². The summed E-state index contributed by atoms with van der Waals surface area (Å²) in [5.41, 5.74) is 0. The van der Waals surface area contributed by atoms with Gasteiger partial charge in [-0.1, -0.05) is 199 Å². The first-order valence-corrected chi connectivity index (χ1v) is 26.4. The van der Waals surface area contributed by atoms with Crippen LogP contribution in [0.1, 0.15) is 239 Å². The van der Waals surface area contributed by atoms with Crippen LogP contribution >= 0.6 is 7.82 Å². The van der Waals surface area contributed by atoms with Crippen LogP contribution < -0.4 is 4.89 Å². The van der Waals surface area contributed by atoms with Crippen molar-refractivity contribution >= 4 is 19.8 Å². The molecule has 0 rings (SSSR count). The predicted molar refractivity (Wildman–Crippen MR) is 245 cm³/mol. The van der Waals surface area contributed by atoms with E-state index in [1.165, 1.54) is 154 Å². The Morgan fingerprint density at radius 1 is 0.508 bits per heavy atom. The van der Waals surface area contributed by atoms with Crippen LogP contribution in [-0.2, 0) is 32.7 Å². The Kier molecular flexibility index (Phi) is 41.2. The lowest BCUT2D eigenvalue weighted by Crippen LogP contribution is -2.37. The van der Waals surface area contributed by atoms with Crippen molar-refractivity contribution in [2.24, 2.45) is 0 Å². The minimum Gasteiger partial charge on any atom is -0.756 e. The standard InChI is InChI=1S/C49H96NO8P/c1-6-8-10-12-14-16-18-20-22-23-24-25-26-28-30-32-34-36-38-40-42-49(52)58-47(46-57-59(53,54)56-44-43-50(3,4)5)45-55-48(51)41-39-37-35-33-31-29-27-21-19-17-15-13-11-9-7-2/h21,27,47H,6-20,22-26,28-46H2,1-5H3/b27-21+/t47-/m1/s1. The van der Waals surface area contributed by atoms with Crippen LogP contribution in [0.2, 0.25) is 0 Å². The molecule has 0 aromatic rings. The summed E-state index contributed by atoms with van der Waals surface area (Å²) in [5, 5.41) is 0. The molecule has 0 saturated heterocycles. The molecule has 350 valence electrons. The van der Waals surface area contributed by atoms with E-state index in [2.05, 4.69) is 26.0 Å². The number of phosphoric acid groups is 1. The maximum Gasteiger partial charge on any atom is 0.306 e. The van der Waals surface area contributed by atoms with Crippen LogP contribution in [-0.4, -0.2) is 70.0 Å². The van der Waals surface area contributed by atoms with Crippen LogP contribution in [0.15, 0.2) is 12.2 Å². The Bertz CT molecular complexity index is 1020. The number of rotatable bonds is 46. The topological polar surface area (TPSA) is 111 Å². The lowest BCUT2D eigenvalue weighted by Gasteiger charge is -2.28. The van der Waals surface area contributed by atoms with E-state index in [1.807, 2.05) is 21.1 Å². The lowest BCUT2D eigenvalue weighted by molar-refractivity contribution is -0.870. The minimum absolute atomic E-state index is 0.0287. The molecule has 0 aromatic heterocycles. The van der Waals surface area contributed by atoms with Crippen molar-refractivity contribution in [1.29, 1.82) is 0 Å². The van der Waals surface area contributed by atoms with Gasteiger partial charge in [-0.25, -0.2) is 0 Å². The Labute approximate surface area is 365 Å². The number of likely N-dealkylation sites (N-methyl/N-ethyl adjacent to an activating group) is 1. The number of carbonyl (C=O) groups excluding carboxylic acids is 2. The van der Waals surface area contributed by atoms with Gasteiger partial charge in [0.1, 0.15) is 19.8 Å². The van der Waals surface area contributed by atoms with E-state index in [1.54, 1.807) is 0 Å². The van der Waals surface area contributed by atoms with E-state index in [-0.39, 0.29) is 32.0 Å². The summed E-state index contributed by atoms with van der Waals surface area (Å²) in [6, 6.07) is 0. The third-order valence-electron chi connectivity index (χ3n) is 11.0. The molecule has 0 amide bonds. The van der Waals surface area contributed by atoms with Crippen molar-refractivity contribution in [2.45, 2.75) is 245 Å². The molecular formula is C49H96NO8P. The fourth-order valence-corrected chi connectivity index (χ4v) is 7.85. The summed E-state index contributed by atoms with van der Waals surface area (Å²) in [7, 11) is 1.17. The number of quaternary nitrogens is 1. The van der Waals surface area contributed by atoms with Gasteiger partial charge in [0.15, 0.2) is 6.10 Å². The van der Waals surface area contributed by atoms with Crippen molar-refractivity contribution < 1.29 is 42.1 Å². The highest BCUT2D eigenvalue weighted by Crippen LogP contribution is 2.38. The summed E-state index contributed by atoms with van der Waals surface area (Å²) < 4.78 is 34.0. The summed E-state index contributed by atoms with van der Waals surface area (Å²) >= 11 is 0. The van der Waals surface area contributed by atoms with Gasteiger partial charge in [-0.15, -0.1) is 0 Å². The highest BCUT2D eigenvalue weighted by molar-refractivity contribution is 7.45. The van der Waals surface area contributed by atoms with Crippen molar-refractivity contribution in [3.63, 3.8) is 0 Å². The van der Waals surface area contributed by atoms with Crippen molar-refractivity contribution in [3.05, 3.63) is 12.2 Å². The molecule has 0 saturated carbocycles. The van der Waals surface area contributed by atoms with Gasteiger partial charge in [0, 0.05) is 12.8 Å². The summed E-state index contributed by atoms with van der Waals surface area (Å²) in [4.78, 5) is 37.6. The second-order valence-corrected chi connectivity index (χ2v) is 19.6. The normalized spacial score (nSPS) is 13.5. The van der Waals surface area contributed by atoms with Gasteiger partial charge in [-0.05, 0) is 38.5 Å². The Morgan fingerprint density at radius 2 is 0.864 bits per heavy atom. The zero-order valence-electron chi connectivity index (χ0n) is 39.5. The fraction of sp³-hybridized carbons (Fsp3) is 0.918. The first-order valence-electron chi connectivity index (χ1n) is 24.9. The Balaban J connectivity index is 4.24. The summed E-state index contributed by atoms with van der Waals surface area (Å²) in [5.74, 6) is -0.830. The molecule has 2 atom stereocenters. The Hall–Kier alpha value is -1.25. The van der Waals surface area contributed by atoms with Gasteiger partial charge >= 0.3 is 11.9 Å². The first kappa shape index (κ1) is 57.8. The molecule has 0 aliphatic carbocycles. The number of allylic oxidation sites excluding steroid dienone is 2. The molecule has 10 heteroatoms. The molecule has 0 fully saturated rings. The SMILES string of the molecule is CCCCCCCC/C=C/CCCCCCCC(=O)OC[C@H](COP(=O)([O-])OCC[N+](C)(C)C)OC(=O)CCCCCCCCCCCCCCCCCCCCCC. The summed E-state index contributed by atoms with van der Waals surface area (Å²) in [6.45, 7) is 4.26. The largest absolute Gasteiger partial charge is 0.756 e. The second-order valence-electron chi connectivity index (χ2n) is 18.2. The monoisotopic (exact) mass is 858 g/mol. The maximum absolute atomic E-state index is 12.7. The third-order valence-corrected chi connectivity index (χ3v) is 12.0. The third kappa shape index (κ3) is 46.1. The first-order chi connectivity index (χ1) is 28.5. The van der Waals surface area contributed by atoms with E-state index >= 15 is 0 Å². The van der Waals surface area contributed by atoms with Gasteiger partial charge in [0.05, 0.1) is 27.7 Å². The average molecular weight is 858 g/mol. The number of esters is 2. The highest BCUT2D eigenvalue weighted by atomic mass is 31.2. The van der Waals surface area contributed by atoms with Crippen LogP contribution in [0.3, 0.4) is 0 Å². The lowest BCUT2D eigenvalue weighted by atomic mass is 10.0. The fourth-order valence-electron chi connectivity index (χ4n) is 7.12. The number of hydrogen-bond donors (Lipinski definition) is 0. The molecule has 0 radical (unpaired) electrons. The van der Waals surface area contributed by atoms with Gasteiger partial charge in [0.25, 0.3) is 7.82 Å². The molecule has 0 heterocycles. The maximum atomic E-state index is 12.7. The van der Waals surface area contributed by atoms with Crippen molar-refractivity contribution in [3.8, 4) is 0 Å². The number of nitrogens with zero attached hydrogens (tertiary/aromatic N) is 1. The molecule has 0 spiro atoms. The van der Waals surface area contributed by atoms with Crippen LogP contribution in [0.25, 0.3) is 0 Å². The molecular weight excluding hydrogens is 762 g/mol. The number of unbranched alkanes of at least 4 members (excludes halogenated alkanes) is 30. The molecule has 1 unspecified atom stereocenters. The average Bonchev–Trinajstić information content (AvgIpc) is 3.19. The van der Waals surface area contributed by atoms with E-state index in [9.17, 15) is 19.0 Å². The molecule has 0 aliphatic rings. The molecule has 0 bridgehead atoms. The molecule has 0 aliphatic heterocycles. The number of hydrogen-bond acceptors (Lipinski definition) is 8.